The van der Waals surface area contributed by atoms with Crippen molar-refractivity contribution in [2.24, 2.45) is 5.92 Å². The number of hydrogen-bond donors (Lipinski definition) is 3. The molecule has 1 heterocycles. The molecule has 1 fully saturated rings. The molecule has 0 spiro atoms. The van der Waals surface area contributed by atoms with Gasteiger partial charge in [0.15, 0.2) is 0 Å². The van der Waals surface area contributed by atoms with Crippen LogP contribution < -0.4 is 10.6 Å². The summed E-state index contributed by atoms with van der Waals surface area (Å²) in [6.07, 6.45) is -0.853. The molecule has 0 bridgehead atoms. The first kappa shape index (κ1) is 17.3. The third kappa shape index (κ3) is 7.12. The zero-order chi connectivity index (χ0) is 15.0. The predicted octanol–water partition coefficient (Wildman–Crippen LogP) is 0.0501. The normalized spacial score (nSPS) is 24.1. The third-order valence-corrected chi connectivity index (χ3v) is 3.51. The molecular weight excluding hydrogens is 268 g/mol. The molecule has 20 heavy (non-hydrogen) atoms. The number of piperidine rings is 1. The molecule has 0 aromatic carbocycles. The van der Waals surface area contributed by atoms with Gasteiger partial charge in [0.25, 0.3) is 6.43 Å². The Balaban J connectivity index is 2.40. The predicted molar refractivity (Wildman–Crippen MR) is 72.7 cm³/mol. The van der Waals surface area contributed by atoms with Crippen molar-refractivity contribution >= 4 is 5.91 Å². The van der Waals surface area contributed by atoms with E-state index in [0.29, 0.717) is 32.0 Å². The maximum Gasteiger partial charge on any atom is 0.250 e. The fourth-order valence-corrected chi connectivity index (χ4v) is 2.67. The van der Waals surface area contributed by atoms with E-state index in [1.807, 2.05) is 0 Å². The van der Waals surface area contributed by atoms with Gasteiger partial charge < -0.3 is 15.7 Å². The summed E-state index contributed by atoms with van der Waals surface area (Å²) in [4.78, 5) is 13.0. The standard InChI is InChI=1S/C13H25F2N3O2/c1-10(20)16-3-4-18-8-11(2-5-19)6-12(9-18)17-7-13(14)15/h11-13,17,19H,2-9H2,1H3,(H,16,20). The van der Waals surface area contributed by atoms with Gasteiger partial charge in [0.05, 0.1) is 6.54 Å². The quantitative estimate of drug-likeness (QED) is 0.592. The second kappa shape index (κ2) is 9.20. The number of aliphatic hydroxyl groups is 1. The summed E-state index contributed by atoms with van der Waals surface area (Å²) in [5, 5.41) is 14.7. The summed E-state index contributed by atoms with van der Waals surface area (Å²) in [7, 11) is 0. The molecule has 0 aromatic heterocycles. The molecule has 1 saturated heterocycles. The van der Waals surface area contributed by atoms with E-state index < -0.39 is 6.43 Å². The monoisotopic (exact) mass is 293 g/mol. The van der Waals surface area contributed by atoms with Crippen LogP contribution in [0.1, 0.15) is 19.8 Å². The number of rotatable bonds is 8. The molecule has 5 nitrogen and oxygen atoms in total. The molecule has 2 atom stereocenters. The van der Waals surface area contributed by atoms with Gasteiger partial charge >= 0.3 is 0 Å². The number of hydrogen-bond acceptors (Lipinski definition) is 4. The molecule has 7 heteroatoms. The van der Waals surface area contributed by atoms with E-state index in [9.17, 15) is 13.6 Å². The highest BCUT2D eigenvalue weighted by molar-refractivity contribution is 5.72. The number of carbonyl (C=O) groups excluding carboxylic acids is 1. The van der Waals surface area contributed by atoms with Crippen molar-refractivity contribution in [1.29, 1.82) is 0 Å². The van der Waals surface area contributed by atoms with E-state index in [0.717, 1.165) is 13.0 Å². The van der Waals surface area contributed by atoms with Crippen LogP contribution in [-0.4, -0.2) is 67.7 Å². The summed E-state index contributed by atoms with van der Waals surface area (Å²) < 4.78 is 24.5. The van der Waals surface area contributed by atoms with E-state index >= 15 is 0 Å². The lowest BCUT2D eigenvalue weighted by Gasteiger charge is -2.38. The van der Waals surface area contributed by atoms with Crippen molar-refractivity contribution in [3.63, 3.8) is 0 Å². The molecule has 2 unspecified atom stereocenters. The zero-order valence-electron chi connectivity index (χ0n) is 11.9. The van der Waals surface area contributed by atoms with Crippen LogP contribution in [0.4, 0.5) is 8.78 Å². The third-order valence-electron chi connectivity index (χ3n) is 3.51. The molecule has 0 radical (unpaired) electrons. The largest absolute Gasteiger partial charge is 0.396 e. The molecule has 1 rings (SSSR count). The van der Waals surface area contributed by atoms with Gasteiger partial charge in [-0.05, 0) is 18.8 Å². The Bertz CT molecular complexity index is 293. The Morgan fingerprint density at radius 2 is 2.20 bits per heavy atom. The Kier molecular flexibility index (Phi) is 7.94. The Morgan fingerprint density at radius 1 is 1.45 bits per heavy atom. The molecule has 118 valence electrons. The van der Waals surface area contributed by atoms with Crippen molar-refractivity contribution in [1.82, 2.24) is 15.5 Å². The van der Waals surface area contributed by atoms with Crippen molar-refractivity contribution < 1.29 is 18.7 Å². The molecule has 3 N–H and O–H groups in total. The van der Waals surface area contributed by atoms with Gasteiger partial charge in [-0.3, -0.25) is 9.69 Å². The first-order valence-electron chi connectivity index (χ1n) is 7.10. The van der Waals surface area contributed by atoms with Gasteiger partial charge in [-0.25, -0.2) is 8.78 Å². The van der Waals surface area contributed by atoms with Gasteiger partial charge in [0.1, 0.15) is 0 Å². The number of aliphatic hydroxyl groups excluding tert-OH is 1. The lowest BCUT2D eigenvalue weighted by atomic mass is 9.91. The molecule has 0 aromatic rings. The van der Waals surface area contributed by atoms with Crippen LogP contribution in [0.2, 0.25) is 0 Å². The van der Waals surface area contributed by atoms with Gasteiger partial charge in [-0.15, -0.1) is 0 Å². The van der Waals surface area contributed by atoms with Crippen molar-refractivity contribution in [3.8, 4) is 0 Å². The van der Waals surface area contributed by atoms with Gasteiger partial charge in [-0.1, -0.05) is 0 Å². The minimum atomic E-state index is -2.35. The summed E-state index contributed by atoms with van der Waals surface area (Å²) >= 11 is 0. The van der Waals surface area contributed by atoms with Crippen molar-refractivity contribution in [2.75, 3.05) is 39.3 Å². The van der Waals surface area contributed by atoms with E-state index in [4.69, 9.17) is 5.11 Å². The summed E-state index contributed by atoms with van der Waals surface area (Å²) in [6.45, 7) is 4.10. The zero-order valence-corrected chi connectivity index (χ0v) is 11.9. The number of carbonyl (C=O) groups is 1. The average molecular weight is 293 g/mol. The number of alkyl halides is 2. The summed E-state index contributed by atoms with van der Waals surface area (Å²) in [5.41, 5.74) is 0. The van der Waals surface area contributed by atoms with Gasteiger partial charge in [0, 0.05) is 45.8 Å². The molecule has 1 aliphatic rings. The number of amides is 1. The SMILES string of the molecule is CC(=O)NCCN1CC(CCO)CC(NCC(F)F)C1. The second-order valence-electron chi connectivity index (χ2n) is 5.35. The highest BCUT2D eigenvalue weighted by Crippen LogP contribution is 2.19. The topological polar surface area (TPSA) is 64.6 Å². The van der Waals surface area contributed by atoms with E-state index in [1.54, 1.807) is 0 Å². The van der Waals surface area contributed by atoms with E-state index in [2.05, 4.69) is 15.5 Å². The van der Waals surface area contributed by atoms with Crippen molar-refractivity contribution in [3.05, 3.63) is 0 Å². The second-order valence-corrected chi connectivity index (χ2v) is 5.35. The average Bonchev–Trinajstić information content (AvgIpc) is 2.36. The lowest BCUT2D eigenvalue weighted by molar-refractivity contribution is -0.119. The minimum Gasteiger partial charge on any atom is -0.396 e. The maximum absolute atomic E-state index is 12.3. The lowest BCUT2D eigenvalue weighted by Crippen LogP contribution is -2.51. The van der Waals surface area contributed by atoms with Gasteiger partial charge in [-0.2, -0.15) is 0 Å². The van der Waals surface area contributed by atoms with Crippen LogP contribution in [0.25, 0.3) is 0 Å². The Hall–Kier alpha value is -0.790. The number of halogens is 2. The van der Waals surface area contributed by atoms with Crippen LogP contribution in [0, 0.1) is 5.92 Å². The minimum absolute atomic E-state index is 0.0200. The first-order valence-corrected chi connectivity index (χ1v) is 7.10. The van der Waals surface area contributed by atoms with E-state index in [-0.39, 0.29) is 25.1 Å². The molecule has 0 saturated carbocycles. The maximum atomic E-state index is 12.3. The number of nitrogens with one attached hydrogen (secondary N) is 2. The molecular formula is C13H25F2N3O2. The molecule has 0 aliphatic carbocycles. The van der Waals surface area contributed by atoms with Crippen LogP contribution in [0.5, 0.6) is 0 Å². The fraction of sp³-hybridized carbons (Fsp3) is 0.923. The van der Waals surface area contributed by atoms with E-state index in [1.165, 1.54) is 6.92 Å². The Morgan fingerprint density at radius 3 is 2.80 bits per heavy atom. The first-order chi connectivity index (χ1) is 9.51. The molecule has 1 aliphatic heterocycles. The van der Waals surface area contributed by atoms with Gasteiger partial charge in [0.2, 0.25) is 5.91 Å². The summed E-state index contributed by atoms with van der Waals surface area (Å²) in [5.74, 6) is 0.238. The summed E-state index contributed by atoms with van der Waals surface area (Å²) in [6, 6.07) is 0.0200. The van der Waals surface area contributed by atoms with Crippen LogP contribution >= 0.6 is 0 Å². The van der Waals surface area contributed by atoms with Crippen LogP contribution in [0.15, 0.2) is 0 Å². The highest BCUT2D eigenvalue weighted by Gasteiger charge is 2.26. The van der Waals surface area contributed by atoms with Crippen LogP contribution in [0.3, 0.4) is 0 Å². The number of likely N-dealkylation sites (tertiary alicyclic amines) is 1. The van der Waals surface area contributed by atoms with Crippen molar-refractivity contribution in [2.45, 2.75) is 32.2 Å². The van der Waals surface area contributed by atoms with Crippen LogP contribution in [-0.2, 0) is 4.79 Å². The highest BCUT2D eigenvalue weighted by atomic mass is 19.3. The Labute approximate surface area is 118 Å². The smallest absolute Gasteiger partial charge is 0.250 e. The number of nitrogens with zero attached hydrogens (tertiary/aromatic N) is 1. The molecule has 1 amide bonds. The fourth-order valence-electron chi connectivity index (χ4n) is 2.67.